The molecular formula is C18H18ClFN4O2. The molecule has 0 aromatic heterocycles. The van der Waals surface area contributed by atoms with Crippen molar-refractivity contribution in [3.05, 3.63) is 58.9 Å². The summed E-state index contributed by atoms with van der Waals surface area (Å²) in [5, 5.41) is 5.76. The molecule has 1 aliphatic heterocycles. The number of hydrogen-bond donors (Lipinski definition) is 4. The van der Waals surface area contributed by atoms with Crippen molar-refractivity contribution in [3.8, 4) is 0 Å². The minimum Gasteiger partial charge on any atom is -0.326 e. The number of benzene rings is 2. The lowest BCUT2D eigenvalue weighted by Gasteiger charge is -2.19. The van der Waals surface area contributed by atoms with Gasteiger partial charge in [0.2, 0.25) is 11.8 Å². The first-order valence-corrected chi connectivity index (χ1v) is 8.43. The number of rotatable bonds is 4. The van der Waals surface area contributed by atoms with E-state index in [0.29, 0.717) is 22.9 Å². The SMILES string of the molecule is CC(=O)Nc1ccc(NC(=O)C2CNNC2c2ccc(F)cc2)cc1Cl. The molecule has 2 aromatic rings. The van der Waals surface area contributed by atoms with E-state index in [2.05, 4.69) is 21.5 Å². The summed E-state index contributed by atoms with van der Waals surface area (Å²) in [4.78, 5) is 23.8. The van der Waals surface area contributed by atoms with Gasteiger partial charge in [0.15, 0.2) is 0 Å². The third-order valence-corrected chi connectivity index (χ3v) is 4.41. The second-order valence-corrected chi connectivity index (χ2v) is 6.43. The van der Waals surface area contributed by atoms with Gasteiger partial charge in [0.25, 0.3) is 0 Å². The summed E-state index contributed by atoms with van der Waals surface area (Å²) >= 11 is 6.13. The molecule has 2 amide bonds. The van der Waals surface area contributed by atoms with Gasteiger partial charge in [0.05, 0.1) is 22.7 Å². The fourth-order valence-corrected chi connectivity index (χ4v) is 3.07. The van der Waals surface area contributed by atoms with Gasteiger partial charge < -0.3 is 10.6 Å². The Morgan fingerprint density at radius 1 is 1.15 bits per heavy atom. The van der Waals surface area contributed by atoms with Gasteiger partial charge in [-0.15, -0.1) is 0 Å². The Labute approximate surface area is 155 Å². The Morgan fingerprint density at radius 3 is 2.54 bits per heavy atom. The number of carbonyl (C=O) groups is 2. The molecule has 0 aliphatic carbocycles. The summed E-state index contributed by atoms with van der Waals surface area (Å²) in [6, 6.07) is 10.6. The van der Waals surface area contributed by atoms with E-state index in [1.807, 2.05) is 0 Å². The minimum absolute atomic E-state index is 0.194. The maximum atomic E-state index is 13.1. The Hall–Kier alpha value is -2.48. The molecule has 136 valence electrons. The third-order valence-electron chi connectivity index (χ3n) is 4.10. The molecule has 0 spiro atoms. The zero-order chi connectivity index (χ0) is 18.7. The molecule has 26 heavy (non-hydrogen) atoms. The van der Waals surface area contributed by atoms with Gasteiger partial charge in [-0.2, -0.15) is 0 Å². The Kier molecular flexibility index (Phi) is 5.51. The number of amides is 2. The summed E-state index contributed by atoms with van der Waals surface area (Å²) in [6.07, 6.45) is 0. The molecule has 4 N–H and O–H groups in total. The van der Waals surface area contributed by atoms with Crippen LogP contribution in [0, 0.1) is 11.7 Å². The number of hydrogen-bond acceptors (Lipinski definition) is 4. The van der Waals surface area contributed by atoms with Crippen LogP contribution in [0.4, 0.5) is 15.8 Å². The average molecular weight is 377 g/mol. The van der Waals surface area contributed by atoms with Crippen molar-refractivity contribution in [3.63, 3.8) is 0 Å². The quantitative estimate of drug-likeness (QED) is 0.661. The zero-order valence-corrected chi connectivity index (χ0v) is 14.7. The van der Waals surface area contributed by atoms with E-state index in [1.54, 1.807) is 30.3 Å². The standard InChI is InChI=1S/C18H18ClFN4O2/c1-10(25)22-16-7-6-13(8-15(16)19)23-18(26)14-9-21-24-17(14)11-2-4-12(20)5-3-11/h2-8,14,17,21,24H,9H2,1H3,(H,22,25)(H,23,26). The molecule has 0 saturated carbocycles. The lowest BCUT2D eigenvalue weighted by Crippen LogP contribution is -2.29. The van der Waals surface area contributed by atoms with Crippen LogP contribution < -0.4 is 21.5 Å². The molecular weight excluding hydrogens is 359 g/mol. The van der Waals surface area contributed by atoms with Gasteiger partial charge in [-0.3, -0.25) is 15.0 Å². The molecule has 1 aliphatic rings. The number of nitrogens with one attached hydrogen (secondary N) is 4. The molecule has 8 heteroatoms. The first kappa shape index (κ1) is 18.3. The van der Waals surface area contributed by atoms with Gasteiger partial charge >= 0.3 is 0 Å². The van der Waals surface area contributed by atoms with E-state index in [1.165, 1.54) is 19.1 Å². The van der Waals surface area contributed by atoms with Crippen LogP contribution in [0.2, 0.25) is 5.02 Å². The number of anilines is 2. The van der Waals surface area contributed by atoms with Crippen molar-refractivity contribution >= 4 is 34.8 Å². The predicted molar refractivity (Wildman–Crippen MR) is 98.2 cm³/mol. The van der Waals surface area contributed by atoms with E-state index in [9.17, 15) is 14.0 Å². The molecule has 1 heterocycles. The van der Waals surface area contributed by atoms with Gasteiger partial charge in [-0.25, -0.2) is 9.82 Å². The van der Waals surface area contributed by atoms with E-state index in [4.69, 9.17) is 11.6 Å². The van der Waals surface area contributed by atoms with Gasteiger partial charge in [-0.05, 0) is 35.9 Å². The fourth-order valence-electron chi connectivity index (χ4n) is 2.85. The predicted octanol–water partition coefficient (Wildman–Crippen LogP) is 2.84. The minimum atomic E-state index is -0.380. The third kappa shape index (κ3) is 4.19. The number of carbonyl (C=O) groups excluding carboxylic acids is 2. The molecule has 0 bridgehead atoms. The monoisotopic (exact) mass is 376 g/mol. The van der Waals surface area contributed by atoms with Crippen molar-refractivity contribution in [2.45, 2.75) is 13.0 Å². The van der Waals surface area contributed by atoms with Crippen LogP contribution >= 0.6 is 11.6 Å². The first-order chi connectivity index (χ1) is 12.4. The summed E-state index contributed by atoms with van der Waals surface area (Å²) in [5.41, 5.74) is 7.83. The second kappa shape index (κ2) is 7.82. The highest BCUT2D eigenvalue weighted by molar-refractivity contribution is 6.34. The Morgan fingerprint density at radius 2 is 1.88 bits per heavy atom. The van der Waals surface area contributed by atoms with Gasteiger partial charge in [0, 0.05) is 19.2 Å². The smallest absolute Gasteiger partial charge is 0.230 e. The molecule has 2 unspecified atom stereocenters. The molecule has 2 aromatic carbocycles. The number of halogens is 2. The lowest BCUT2D eigenvalue weighted by molar-refractivity contribution is -0.119. The molecule has 0 radical (unpaired) electrons. The van der Waals surface area contributed by atoms with Crippen LogP contribution in [0.5, 0.6) is 0 Å². The summed E-state index contributed by atoms with van der Waals surface area (Å²) in [7, 11) is 0. The van der Waals surface area contributed by atoms with Crippen molar-refractivity contribution < 1.29 is 14.0 Å². The summed E-state index contributed by atoms with van der Waals surface area (Å²) < 4.78 is 13.1. The molecule has 2 atom stereocenters. The van der Waals surface area contributed by atoms with Crippen LogP contribution in [0.1, 0.15) is 18.5 Å². The van der Waals surface area contributed by atoms with Crippen molar-refractivity contribution in [1.82, 2.24) is 10.9 Å². The Balaban J connectivity index is 1.71. The van der Waals surface area contributed by atoms with E-state index >= 15 is 0 Å². The van der Waals surface area contributed by atoms with Gasteiger partial charge in [0.1, 0.15) is 5.82 Å². The molecule has 1 fully saturated rings. The van der Waals surface area contributed by atoms with Crippen LogP contribution in [-0.4, -0.2) is 18.4 Å². The number of hydrazine groups is 1. The molecule has 3 rings (SSSR count). The van der Waals surface area contributed by atoms with Crippen molar-refractivity contribution in [1.29, 1.82) is 0 Å². The fraction of sp³-hybridized carbons (Fsp3) is 0.222. The highest BCUT2D eigenvalue weighted by atomic mass is 35.5. The normalized spacial score (nSPS) is 19.2. The maximum absolute atomic E-state index is 13.1. The van der Waals surface area contributed by atoms with E-state index in [-0.39, 0.29) is 29.6 Å². The van der Waals surface area contributed by atoms with Crippen molar-refractivity contribution in [2.75, 3.05) is 17.2 Å². The van der Waals surface area contributed by atoms with Crippen LogP contribution in [0.15, 0.2) is 42.5 Å². The highest BCUT2D eigenvalue weighted by Gasteiger charge is 2.34. The molecule has 1 saturated heterocycles. The van der Waals surface area contributed by atoms with Crippen LogP contribution in [0.25, 0.3) is 0 Å². The van der Waals surface area contributed by atoms with Crippen LogP contribution in [0.3, 0.4) is 0 Å². The molecule has 6 nitrogen and oxygen atoms in total. The second-order valence-electron chi connectivity index (χ2n) is 6.03. The topological polar surface area (TPSA) is 82.3 Å². The van der Waals surface area contributed by atoms with Crippen LogP contribution in [-0.2, 0) is 9.59 Å². The van der Waals surface area contributed by atoms with Crippen molar-refractivity contribution in [2.24, 2.45) is 5.92 Å². The first-order valence-electron chi connectivity index (χ1n) is 8.06. The Bertz CT molecular complexity index is 828. The van der Waals surface area contributed by atoms with E-state index in [0.717, 1.165) is 5.56 Å². The zero-order valence-electron chi connectivity index (χ0n) is 14.0. The maximum Gasteiger partial charge on any atom is 0.230 e. The summed E-state index contributed by atoms with van der Waals surface area (Å²) in [5.74, 6) is -1.13. The largest absolute Gasteiger partial charge is 0.326 e. The summed E-state index contributed by atoms with van der Waals surface area (Å²) in [6.45, 7) is 1.83. The van der Waals surface area contributed by atoms with Gasteiger partial charge in [-0.1, -0.05) is 23.7 Å². The van der Waals surface area contributed by atoms with E-state index < -0.39 is 0 Å². The highest BCUT2D eigenvalue weighted by Crippen LogP contribution is 2.29. The average Bonchev–Trinajstić information content (AvgIpc) is 3.07. The lowest BCUT2D eigenvalue weighted by atomic mass is 9.94.